The lowest BCUT2D eigenvalue weighted by atomic mass is 10.1. The Balaban J connectivity index is 1.77. The number of hydrogen-bond donors (Lipinski definition) is 2. The van der Waals surface area contributed by atoms with E-state index in [4.69, 9.17) is 0 Å². The summed E-state index contributed by atoms with van der Waals surface area (Å²) in [6, 6.07) is 8.70. The van der Waals surface area contributed by atoms with Crippen molar-refractivity contribution in [2.24, 2.45) is 0 Å². The first-order chi connectivity index (χ1) is 10.2. The van der Waals surface area contributed by atoms with E-state index in [1.807, 2.05) is 12.3 Å². The standard InChI is InChI=1S/C16H20N4O/c1-11-9-14(6-3-12(11)10-18-13-4-5-13)20-8-7-15(19-20)16(21)17-2/h3,6-9,13,18H,4-5,10H2,1-2H3,(H,17,21). The van der Waals surface area contributed by atoms with Crippen LogP contribution in [0.15, 0.2) is 30.5 Å². The predicted molar refractivity (Wildman–Crippen MR) is 81.6 cm³/mol. The third-order valence-corrected chi connectivity index (χ3v) is 3.80. The highest BCUT2D eigenvalue weighted by atomic mass is 16.1. The summed E-state index contributed by atoms with van der Waals surface area (Å²) in [7, 11) is 1.60. The van der Waals surface area contributed by atoms with Crippen LogP contribution in [-0.2, 0) is 6.54 Å². The molecule has 0 radical (unpaired) electrons. The maximum absolute atomic E-state index is 11.5. The highest BCUT2D eigenvalue weighted by molar-refractivity contribution is 5.91. The van der Waals surface area contributed by atoms with E-state index in [1.165, 1.54) is 24.0 Å². The van der Waals surface area contributed by atoms with Crippen LogP contribution in [0.4, 0.5) is 0 Å². The minimum Gasteiger partial charge on any atom is -0.354 e. The number of nitrogens with zero attached hydrogens (tertiary/aromatic N) is 2. The van der Waals surface area contributed by atoms with Crippen LogP contribution in [0, 0.1) is 6.92 Å². The van der Waals surface area contributed by atoms with Gasteiger partial charge in [-0.25, -0.2) is 4.68 Å². The number of aromatic nitrogens is 2. The van der Waals surface area contributed by atoms with E-state index >= 15 is 0 Å². The van der Waals surface area contributed by atoms with Crippen LogP contribution in [0.1, 0.15) is 34.5 Å². The van der Waals surface area contributed by atoms with E-state index in [2.05, 4.69) is 34.8 Å². The predicted octanol–water partition coefficient (Wildman–Crippen LogP) is 1.79. The number of benzene rings is 1. The molecule has 0 bridgehead atoms. The van der Waals surface area contributed by atoms with Gasteiger partial charge in [-0.2, -0.15) is 5.10 Å². The molecule has 1 aliphatic rings. The van der Waals surface area contributed by atoms with E-state index in [0.29, 0.717) is 11.7 Å². The minimum absolute atomic E-state index is 0.171. The molecule has 110 valence electrons. The molecule has 0 atom stereocenters. The summed E-state index contributed by atoms with van der Waals surface area (Å²) in [4.78, 5) is 11.5. The number of amides is 1. The Morgan fingerprint density at radius 3 is 2.86 bits per heavy atom. The van der Waals surface area contributed by atoms with E-state index in [1.54, 1.807) is 17.8 Å². The van der Waals surface area contributed by atoms with Gasteiger partial charge < -0.3 is 10.6 Å². The molecule has 2 aromatic rings. The van der Waals surface area contributed by atoms with Crippen LogP contribution in [0.5, 0.6) is 0 Å². The summed E-state index contributed by atoms with van der Waals surface area (Å²) in [5, 5.41) is 10.4. The Morgan fingerprint density at radius 1 is 1.38 bits per heavy atom. The van der Waals surface area contributed by atoms with Gasteiger partial charge in [-0.1, -0.05) is 6.07 Å². The lowest BCUT2D eigenvalue weighted by Crippen LogP contribution is -2.18. The van der Waals surface area contributed by atoms with Gasteiger partial charge in [-0.15, -0.1) is 0 Å². The number of nitrogens with one attached hydrogen (secondary N) is 2. The summed E-state index contributed by atoms with van der Waals surface area (Å²) in [5.41, 5.74) is 3.94. The topological polar surface area (TPSA) is 59.0 Å². The summed E-state index contributed by atoms with van der Waals surface area (Å²) < 4.78 is 1.73. The Bertz CT molecular complexity index is 658. The number of rotatable bonds is 5. The first kappa shape index (κ1) is 13.8. The number of carbonyl (C=O) groups excluding carboxylic acids is 1. The molecular formula is C16H20N4O. The van der Waals surface area contributed by atoms with Gasteiger partial charge in [0, 0.05) is 25.8 Å². The second-order valence-electron chi connectivity index (χ2n) is 5.49. The Kier molecular flexibility index (Phi) is 3.75. The molecule has 0 saturated heterocycles. The molecule has 5 heteroatoms. The zero-order valence-corrected chi connectivity index (χ0v) is 12.4. The van der Waals surface area contributed by atoms with E-state index in [-0.39, 0.29) is 5.91 Å². The summed E-state index contributed by atoms with van der Waals surface area (Å²) in [5.74, 6) is -0.171. The maximum Gasteiger partial charge on any atom is 0.271 e. The first-order valence-corrected chi connectivity index (χ1v) is 7.28. The van der Waals surface area contributed by atoms with Crippen molar-refractivity contribution < 1.29 is 4.79 Å². The van der Waals surface area contributed by atoms with Gasteiger partial charge in [0.15, 0.2) is 5.69 Å². The largest absolute Gasteiger partial charge is 0.354 e. The molecule has 5 nitrogen and oxygen atoms in total. The van der Waals surface area contributed by atoms with Gasteiger partial charge >= 0.3 is 0 Å². The second kappa shape index (κ2) is 5.69. The van der Waals surface area contributed by atoms with Gasteiger partial charge in [-0.05, 0) is 49.1 Å². The van der Waals surface area contributed by atoms with Gasteiger partial charge in [0.05, 0.1) is 5.69 Å². The van der Waals surface area contributed by atoms with Gasteiger partial charge in [0.1, 0.15) is 0 Å². The SMILES string of the molecule is CNC(=O)c1ccn(-c2ccc(CNC3CC3)c(C)c2)n1. The zero-order chi connectivity index (χ0) is 14.8. The number of aryl methyl sites for hydroxylation is 1. The molecule has 1 fully saturated rings. The highest BCUT2D eigenvalue weighted by Gasteiger charge is 2.20. The number of carbonyl (C=O) groups is 1. The van der Waals surface area contributed by atoms with Crippen LogP contribution in [0.2, 0.25) is 0 Å². The molecule has 21 heavy (non-hydrogen) atoms. The fourth-order valence-electron chi connectivity index (χ4n) is 2.28. The van der Waals surface area contributed by atoms with Gasteiger partial charge in [-0.3, -0.25) is 4.79 Å². The molecule has 0 spiro atoms. The summed E-state index contributed by atoms with van der Waals surface area (Å²) in [6.07, 6.45) is 4.40. The highest BCUT2D eigenvalue weighted by Crippen LogP contribution is 2.20. The smallest absolute Gasteiger partial charge is 0.271 e. The quantitative estimate of drug-likeness (QED) is 0.880. The zero-order valence-electron chi connectivity index (χ0n) is 12.4. The fraction of sp³-hybridized carbons (Fsp3) is 0.375. The number of hydrogen-bond acceptors (Lipinski definition) is 3. The molecule has 1 aromatic heterocycles. The third-order valence-electron chi connectivity index (χ3n) is 3.80. The Hall–Kier alpha value is -2.14. The maximum atomic E-state index is 11.5. The van der Waals surface area contributed by atoms with Crippen molar-refractivity contribution in [3.63, 3.8) is 0 Å². The summed E-state index contributed by atoms with van der Waals surface area (Å²) >= 11 is 0. The van der Waals surface area contributed by atoms with Gasteiger partial charge in [0.2, 0.25) is 0 Å². The molecule has 1 amide bonds. The van der Waals surface area contributed by atoms with Crippen molar-refractivity contribution >= 4 is 5.91 Å². The second-order valence-corrected chi connectivity index (χ2v) is 5.49. The molecule has 1 saturated carbocycles. The molecule has 1 aliphatic carbocycles. The van der Waals surface area contributed by atoms with Crippen LogP contribution in [0.3, 0.4) is 0 Å². The molecular weight excluding hydrogens is 264 g/mol. The van der Waals surface area contributed by atoms with Crippen LogP contribution >= 0.6 is 0 Å². The van der Waals surface area contributed by atoms with E-state index in [0.717, 1.165) is 12.2 Å². The van der Waals surface area contributed by atoms with Crippen LogP contribution in [-0.4, -0.2) is 28.8 Å². The average molecular weight is 284 g/mol. The fourth-order valence-corrected chi connectivity index (χ4v) is 2.28. The molecule has 2 N–H and O–H groups in total. The Labute approximate surface area is 124 Å². The van der Waals surface area contributed by atoms with Crippen LogP contribution < -0.4 is 10.6 Å². The van der Waals surface area contributed by atoms with Crippen molar-refractivity contribution in [2.45, 2.75) is 32.4 Å². The molecule has 3 rings (SSSR count). The van der Waals surface area contributed by atoms with Crippen molar-refractivity contribution in [1.82, 2.24) is 20.4 Å². The van der Waals surface area contributed by atoms with Crippen molar-refractivity contribution in [2.75, 3.05) is 7.05 Å². The molecule has 1 heterocycles. The van der Waals surface area contributed by atoms with E-state index in [9.17, 15) is 4.79 Å². The first-order valence-electron chi connectivity index (χ1n) is 7.28. The molecule has 1 aromatic carbocycles. The molecule has 0 unspecified atom stereocenters. The van der Waals surface area contributed by atoms with Crippen molar-refractivity contribution in [3.05, 3.63) is 47.3 Å². The van der Waals surface area contributed by atoms with Gasteiger partial charge in [0.25, 0.3) is 5.91 Å². The van der Waals surface area contributed by atoms with Crippen molar-refractivity contribution in [3.8, 4) is 5.69 Å². The average Bonchev–Trinajstić information content (AvgIpc) is 3.19. The normalized spacial score (nSPS) is 14.2. The lowest BCUT2D eigenvalue weighted by Gasteiger charge is -2.09. The molecule has 0 aliphatic heterocycles. The minimum atomic E-state index is -0.171. The Morgan fingerprint density at radius 2 is 2.19 bits per heavy atom. The summed E-state index contributed by atoms with van der Waals surface area (Å²) in [6.45, 7) is 3.02. The lowest BCUT2D eigenvalue weighted by molar-refractivity contribution is 0.0957. The van der Waals surface area contributed by atoms with Crippen molar-refractivity contribution in [1.29, 1.82) is 0 Å². The monoisotopic (exact) mass is 284 g/mol. The third kappa shape index (κ3) is 3.13. The van der Waals surface area contributed by atoms with E-state index < -0.39 is 0 Å². The van der Waals surface area contributed by atoms with Crippen LogP contribution in [0.25, 0.3) is 5.69 Å².